The Kier molecular flexibility index (Phi) is 3.42. The molecule has 0 atom stereocenters. The lowest BCUT2D eigenvalue weighted by Gasteiger charge is -2.24. The molecule has 0 bridgehead atoms. The van der Waals surface area contributed by atoms with Gasteiger partial charge in [-0.1, -0.05) is 17.8 Å². The number of fused-ring (bicyclic) bond motifs is 1. The van der Waals surface area contributed by atoms with Crippen molar-refractivity contribution in [2.45, 2.75) is 13.0 Å². The number of carbonyl (C=O) groups is 3. The highest BCUT2D eigenvalue weighted by Gasteiger charge is 2.26. The number of hydrogen-bond acceptors (Lipinski definition) is 5. The fourth-order valence-corrected chi connectivity index (χ4v) is 2.95. The molecule has 1 fully saturated rings. The number of aromatic carboxylic acids is 1. The summed E-state index contributed by atoms with van der Waals surface area (Å²) >= 11 is 1.13. The van der Waals surface area contributed by atoms with Crippen molar-refractivity contribution >= 4 is 39.8 Å². The summed E-state index contributed by atoms with van der Waals surface area (Å²) in [6.45, 7) is 0.189. The van der Waals surface area contributed by atoms with E-state index in [0.717, 1.165) is 17.3 Å². The Morgan fingerprint density at radius 2 is 2.14 bits per heavy atom. The van der Waals surface area contributed by atoms with Gasteiger partial charge in [0.25, 0.3) is 5.24 Å². The van der Waals surface area contributed by atoms with Gasteiger partial charge in [-0.25, -0.2) is 4.79 Å². The van der Waals surface area contributed by atoms with Crippen LogP contribution < -0.4 is 0 Å². The first-order valence-electron chi connectivity index (χ1n) is 6.27. The maximum Gasteiger partial charge on any atom is 0.371 e. The second kappa shape index (κ2) is 5.25. The van der Waals surface area contributed by atoms with Gasteiger partial charge in [-0.2, -0.15) is 0 Å². The predicted molar refractivity (Wildman–Crippen MR) is 76.2 cm³/mol. The van der Waals surface area contributed by atoms with Crippen LogP contribution in [0, 0.1) is 0 Å². The minimum absolute atomic E-state index is 0.136. The van der Waals surface area contributed by atoms with Gasteiger partial charge in [-0.05, 0) is 23.8 Å². The van der Waals surface area contributed by atoms with Crippen molar-refractivity contribution in [3.63, 3.8) is 0 Å². The molecule has 108 valence electrons. The number of carbonyl (C=O) groups excluding carboxylic acids is 2. The zero-order valence-electron chi connectivity index (χ0n) is 10.9. The Labute approximate surface area is 123 Å². The first kappa shape index (κ1) is 13.7. The van der Waals surface area contributed by atoms with Crippen molar-refractivity contribution in [3.05, 3.63) is 35.6 Å². The highest BCUT2D eigenvalue weighted by atomic mass is 32.2. The third-order valence-electron chi connectivity index (χ3n) is 3.20. The number of amides is 2. The monoisotopic (exact) mass is 305 g/mol. The van der Waals surface area contributed by atoms with Crippen molar-refractivity contribution in [1.82, 2.24) is 4.90 Å². The van der Waals surface area contributed by atoms with E-state index in [1.807, 2.05) is 0 Å². The lowest BCUT2D eigenvalue weighted by atomic mass is 10.1. The summed E-state index contributed by atoms with van der Waals surface area (Å²) < 4.78 is 5.17. The summed E-state index contributed by atoms with van der Waals surface area (Å²) in [6.07, 6.45) is 0.355. The normalized spacial score (nSPS) is 15.7. The highest BCUT2D eigenvalue weighted by molar-refractivity contribution is 8.13. The van der Waals surface area contributed by atoms with Crippen molar-refractivity contribution < 1.29 is 23.9 Å². The molecule has 2 amide bonds. The second-order valence-electron chi connectivity index (χ2n) is 4.63. The molecule has 1 saturated heterocycles. The maximum absolute atomic E-state index is 11.8. The molecule has 1 aliphatic heterocycles. The minimum Gasteiger partial charge on any atom is -0.475 e. The summed E-state index contributed by atoms with van der Waals surface area (Å²) in [5.74, 6) is -0.928. The number of furan rings is 1. The molecular weight excluding hydrogens is 294 g/mol. The van der Waals surface area contributed by atoms with Gasteiger partial charge >= 0.3 is 5.97 Å². The fourth-order valence-electron chi connectivity index (χ4n) is 2.17. The molecule has 21 heavy (non-hydrogen) atoms. The first-order valence-corrected chi connectivity index (χ1v) is 7.26. The number of carboxylic acid groups (broad SMARTS) is 1. The van der Waals surface area contributed by atoms with Crippen molar-refractivity contribution in [3.8, 4) is 0 Å². The quantitative estimate of drug-likeness (QED) is 0.938. The van der Waals surface area contributed by atoms with Gasteiger partial charge in [-0.15, -0.1) is 0 Å². The Morgan fingerprint density at radius 1 is 1.33 bits per heavy atom. The highest BCUT2D eigenvalue weighted by Crippen LogP contribution is 2.24. The third kappa shape index (κ3) is 2.64. The van der Waals surface area contributed by atoms with Gasteiger partial charge in [0, 0.05) is 17.6 Å². The number of carboxylic acids is 1. The van der Waals surface area contributed by atoms with Crippen LogP contribution in [-0.4, -0.2) is 32.9 Å². The molecule has 0 radical (unpaired) electrons. The van der Waals surface area contributed by atoms with E-state index >= 15 is 0 Å². The van der Waals surface area contributed by atoms with Crippen molar-refractivity contribution in [1.29, 1.82) is 0 Å². The molecule has 0 spiro atoms. The van der Waals surface area contributed by atoms with Crippen LogP contribution in [-0.2, 0) is 11.3 Å². The number of hydrogen-bond donors (Lipinski definition) is 1. The lowest BCUT2D eigenvalue weighted by Crippen LogP contribution is -2.37. The molecule has 1 aromatic heterocycles. The predicted octanol–water partition coefficient (Wildman–Crippen LogP) is 2.72. The molecule has 3 rings (SSSR count). The standard InChI is InChI=1S/C14H11NO5S/c16-12-3-4-21-14(19)15(12)7-8-1-2-10-9(5-8)6-11(20-10)13(17)18/h1-2,5-6H,3-4,7H2,(H,17,18). The molecule has 2 heterocycles. The van der Waals surface area contributed by atoms with Crippen LogP contribution in [0.2, 0.25) is 0 Å². The zero-order valence-corrected chi connectivity index (χ0v) is 11.7. The number of imide groups is 1. The maximum atomic E-state index is 11.8. The summed E-state index contributed by atoms with van der Waals surface area (Å²) in [5.41, 5.74) is 1.21. The van der Waals surface area contributed by atoms with Gasteiger partial charge in [0.1, 0.15) is 5.58 Å². The van der Waals surface area contributed by atoms with Gasteiger partial charge < -0.3 is 9.52 Å². The smallest absolute Gasteiger partial charge is 0.371 e. The van der Waals surface area contributed by atoms with E-state index in [1.54, 1.807) is 18.2 Å². The van der Waals surface area contributed by atoms with Crippen LogP contribution >= 0.6 is 11.8 Å². The summed E-state index contributed by atoms with van der Waals surface area (Å²) in [5, 5.41) is 9.28. The zero-order chi connectivity index (χ0) is 15.0. The lowest BCUT2D eigenvalue weighted by molar-refractivity contribution is -0.128. The topological polar surface area (TPSA) is 87.8 Å². The molecule has 0 saturated carbocycles. The van der Waals surface area contributed by atoms with E-state index in [-0.39, 0.29) is 23.5 Å². The second-order valence-corrected chi connectivity index (χ2v) is 5.68. The van der Waals surface area contributed by atoms with Crippen LogP contribution in [0.15, 0.2) is 28.7 Å². The minimum atomic E-state index is -1.13. The Balaban J connectivity index is 1.88. The number of rotatable bonds is 3. The van der Waals surface area contributed by atoms with E-state index in [0.29, 0.717) is 23.1 Å². The van der Waals surface area contributed by atoms with Gasteiger partial charge in [0.15, 0.2) is 0 Å². The molecule has 1 aliphatic rings. The third-order valence-corrected chi connectivity index (χ3v) is 4.07. The number of thioether (sulfide) groups is 1. The van der Waals surface area contributed by atoms with E-state index < -0.39 is 5.97 Å². The molecule has 6 nitrogen and oxygen atoms in total. The van der Waals surface area contributed by atoms with Crippen LogP contribution in [0.3, 0.4) is 0 Å². The first-order chi connectivity index (χ1) is 10.0. The Morgan fingerprint density at radius 3 is 2.86 bits per heavy atom. The molecule has 2 aromatic rings. The molecular formula is C14H11NO5S. The van der Waals surface area contributed by atoms with E-state index in [2.05, 4.69) is 0 Å². The Bertz CT molecular complexity index is 735. The molecule has 1 aromatic carbocycles. The summed E-state index contributed by atoms with van der Waals surface area (Å²) in [4.78, 5) is 35.6. The van der Waals surface area contributed by atoms with Crippen LogP contribution in [0.1, 0.15) is 22.5 Å². The van der Waals surface area contributed by atoms with E-state index in [4.69, 9.17) is 9.52 Å². The molecule has 1 N–H and O–H groups in total. The SMILES string of the molecule is O=C(O)c1cc2cc(CN3C(=O)CCSC3=O)ccc2o1. The molecule has 7 heteroatoms. The van der Waals surface area contributed by atoms with Crippen LogP contribution in [0.4, 0.5) is 4.79 Å². The van der Waals surface area contributed by atoms with Gasteiger partial charge in [0.2, 0.25) is 11.7 Å². The average molecular weight is 305 g/mol. The molecule has 0 unspecified atom stereocenters. The summed E-state index contributed by atoms with van der Waals surface area (Å²) in [7, 11) is 0. The van der Waals surface area contributed by atoms with Crippen molar-refractivity contribution in [2.75, 3.05) is 5.75 Å². The van der Waals surface area contributed by atoms with E-state index in [9.17, 15) is 14.4 Å². The summed E-state index contributed by atoms with van der Waals surface area (Å²) in [6, 6.07) is 6.52. The van der Waals surface area contributed by atoms with Gasteiger partial charge in [-0.3, -0.25) is 14.5 Å². The van der Waals surface area contributed by atoms with E-state index in [1.165, 1.54) is 11.0 Å². The van der Waals surface area contributed by atoms with Crippen LogP contribution in [0.5, 0.6) is 0 Å². The average Bonchev–Trinajstić information content (AvgIpc) is 2.86. The Hall–Kier alpha value is -2.28. The fraction of sp³-hybridized carbons (Fsp3) is 0.214. The number of nitrogens with zero attached hydrogens (tertiary/aromatic N) is 1. The van der Waals surface area contributed by atoms with Crippen LogP contribution in [0.25, 0.3) is 11.0 Å². The number of benzene rings is 1. The van der Waals surface area contributed by atoms with Gasteiger partial charge in [0.05, 0.1) is 6.54 Å². The molecule has 0 aliphatic carbocycles. The largest absolute Gasteiger partial charge is 0.475 e. The van der Waals surface area contributed by atoms with Crippen molar-refractivity contribution in [2.24, 2.45) is 0 Å².